The van der Waals surface area contributed by atoms with Gasteiger partial charge in [0.1, 0.15) is 41.2 Å². The number of nitrogens with one attached hydrogen (secondary N) is 1. The molecule has 0 saturated carbocycles. The van der Waals surface area contributed by atoms with Gasteiger partial charge in [0.05, 0.1) is 35.9 Å². The maximum Gasteiger partial charge on any atom is 0.311 e. The molecule has 4 heterocycles. The van der Waals surface area contributed by atoms with Crippen molar-refractivity contribution in [3.63, 3.8) is 0 Å². The van der Waals surface area contributed by atoms with Gasteiger partial charge in [0, 0.05) is 44.5 Å². The van der Waals surface area contributed by atoms with Crippen molar-refractivity contribution in [2.75, 3.05) is 26.7 Å². The van der Waals surface area contributed by atoms with Crippen LogP contribution in [0.2, 0.25) is 0 Å². The number of carbonyl (C=O) groups excluding carboxylic acids is 1. The lowest BCUT2D eigenvalue weighted by molar-refractivity contribution is -0.363. The van der Waals surface area contributed by atoms with Crippen LogP contribution in [0.25, 0.3) is 0 Å². The predicted octanol–water partition coefficient (Wildman–Crippen LogP) is 5.16. The summed E-state index contributed by atoms with van der Waals surface area (Å²) < 4.78 is 59.5. The molecule has 4 saturated heterocycles. The van der Waals surface area contributed by atoms with E-state index in [1.165, 1.54) is 19.1 Å². The maximum absolute atomic E-state index is 14.4. The average molecular weight is 825 g/mol. The predicted molar refractivity (Wildman–Crippen MR) is 215 cm³/mol. The van der Waals surface area contributed by atoms with Crippen molar-refractivity contribution < 1.29 is 57.7 Å². The van der Waals surface area contributed by atoms with Crippen molar-refractivity contribution in [1.82, 2.24) is 10.2 Å². The molecule has 0 bridgehead atoms. The Bertz CT molecular complexity index is 1470. The zero-order valence-electron chi connectivity index (χ0n) is 36.7. The van der Waals surface area contributed by atoms with E-state index in [1.54, 1.807) is 46.9 Å². The Kier molecular flexibility index (Phi) is 15.7. The van der Waals surface area contributed by atoms with Gasteiger partial charge in [0.25, 0.3) is 0 Å². The van der Waals surface area contributed by atoms with Crippen LogP contribution in [0.5, 0.6) is 5.75 Å². The normalized spacial score (nSPS) is 44.9. The molecule has 332 valence electrons. The Hall–Kier alpha value is -1.98. The first-order valence-corrected chi connectivity index (χ1v) is 21.7. The molecule has 0 radical (unpaired) electrons. The third-order valence-electron chi connectivity index (χ3n) is 13.4. The monoisotopic (exact) mass is 825 g/mol. The summed E-state index contributed by atoms with van der Waals surface area (Å²) in [5.41, 5.74) is -3.92. The van der Waals surface area contributed by atoms with E-state index in [2.05, 4.69) is 17.1 Å². The van der Waals surface area contributed by atoms with Gasteiger partial charge in [-0.15, -0.1) is 0 Å². The Morgan fingerprint density at radius 2 is 1.67 bits per heavy atom. The Morgan fingerprint density at radius 3 is 2.31 bits per heavy atom. The van der Waals surface area contributed by atoms with E-state index >= 15 is 0 Å². The number of ether oxygens (including phenoxy) is 7. The number of esters is 1. The molecule has 58 heavy (non-hydrogen) atoms. The van der Waals surface area contributed by atoms with Crippen molar-refractivity contribution in [2.24, 2.45) is 23.7 Å². The minimum absolute atomic E-state index is 0.133. The molecule has 4 aliphatic rings. The highest BCUT2D eigenvalue weighted by Crippen LogP contribution is 2.49. The number of carbonyl (C=O) groups is 1. The van der Waals surface area contributed by atoms with Crippen LogP contribution in [0.15, 0.2) is 24.3 Å². The van der Waals surface area contributed by atoms with Gasteiger partial charge in [-0.1, -0.05) is 27.7 Å². The molecule has 4 N–H and O–H groups in total. The Balaban J connectivity index is 1.56. The first-order valence-electron chi connectivity index (χ1n) is 21.7. The van der Waals surface area contributed by atoms with Gasteiger partial charge in [0.2, 0.25) is 0 Å². The molecule has 0 aromatic heterocycles. The zero-order chi connectivity index (χ0) is 42.7. The number of hydrogen-bond donors (Lipinski definition) is 4. The quantitative estimate of drug-likeness (QED) is 0.230. The second-order valence-corrected chi connectivity index (χ2v) is 18.3. The van der Waals surface area contributed by atoms with Crippen LogP contribution in [-0.2, 0) is 33.2 Å². The topological polar surface area (TPSA) is 158 Å². The highest BCUT2D eigenvalue weighted by atomic mass is 19.1. The van der Waals surface area contributed by atoms with Crippen molar-refractivity contribution in [3.8, 4) is 5.75 Å². The second-order valence-electron chi connectivity index (χ2n) is 18.3. The number of halogens is 1. The van der Waals surface area contributed by atoms with Gasteiger partial charge in [-0.3, -0.25) is 9.69 Å². The molecule has 4 fully saturated rings. The molecule has 1 aromatic rings. The summed E-state index contributed by atoms with van der Waals surface area (Å²) in [6, 6.07) is 5.20. The average Bonchev–Trinajstić information content (AvgIpc) is 3.17. The molecule has 0 aliphatic carbocycles. The van der Waals surface area contributed by atoms with Crippen molar-refractivity contribution in [2.45, 2.75) is 186 Å². The summed E-state index contributed by atoms with van der Waals surface area (Å²) in [4.78, 5) is 16.7. The van der Waals surface area contributed by atoms with Crippen LogP contribution in [0, 0.1) is 29.5 Å². The summed E-state index contributed by atoms with van der Waals surface area (Å²) in [7, 11) is 1.72. The van der Waals surface area contributed by atoms with Crippen molar-refractivity contribution in [3.05, 3.63) is 30.1 Å². The van der Waals surface area contributed by atoms with Gasteiger partial charge < -0.3 is 53.8 Å². The molecule has 0 amide bonds. The number of methoxy groups -OCH3 is 1. The SMILES string of the molecule is CCCN1CC2[C@H](C)O[C@@H](O[C@H]3[C@H](C)[C@@H](O[C@@H]4O[C@H](C)CC[C@H]4Oc4ccc(F)cc4)[C@](C)(O)C[C@@H](C)CN[C@H](C)[C@@H](O)[C@](C)(O)[C@@H](CC)OC(=O)[C@@H]3C)C[C@@]21OC. The van der Waals surface area contributed by atoms with Gasteiger partial charge in [-0.2, -0.15) is 0 Å². The van der Waals surface area contributed by atoms with E-state index in [-0.39, 0.29) is 42.7 Å². The summed E-state index contributed by atoms with van der Waals surface area (Å²) in [5, 5.41) is 39.2. The van der Waals surface area contributed by atoms with E-state index in [1.807, 2.05) is 27.7 Å². The molecular formula is C44H73FN2O11. The Labute approximate surface area is 345 Å². The molecule has 0 spiro atoms. The lowest BCUT2D eigenvalue weighted by Gasteiger charge is -2.63. The lowest BCUT2D eigenvalue weighted by atomic mass is 9.75. The third-order valence-corrected chi connectivity index (χ3v) is 13.4. The molecular weight excluding hydrogens is 751 g/mol. The minimum Gasteiger partial charge on any atom is -0.485 e. The largest absolute Gasteiger partial charge is 0.485 e. The summed E-state index contributed by atoms with van der Waals surface area (Å²) in [5.74, 6) is -2.23. The molecule has 17 atom stereocenters. The van der Waals surface area contributed by atoms with Crippen LogP contribution < -0.4 is 10.1 Å². The van der Waals surface area contributed by atoms with Crippen LogP contribution >= 0.6 is 0 Å². The number of benzene rings is 1. The molecule has 5 rings (SSSR count). The number of rotatable bonds is 10. The van der Waals surface area contributed by atoms with E-state index < -0.39 is 83.9 Å². The lowest BCUT2D eigenvalue weighted by Crippen LogP contribution is -2.74. The van der Waals surface area contributed by atoms with Crippen molar-refractivity contribution in [1.29, 1.82) is 0 Å². The molecule has 1 unspecified atom stereocenters. The number of likely N-dealkylation sites (tertiary alicyclic amines) is 1. The number of cyclic esters (lactones) is 1. The number of aliphatic hydroxyl groups excluding tert-OH is 1. The highest BCUT2D eigenvalue weighted by Gasteiger charge is 2.61. The van der Waals surface area contributed by atoms with Crippen molar-refractivity contribution >= 4 is 5.97 Å². The van der Waals surface area contributed by atoms with E-state index in [0.29, 0.717) is 31.6 Å². The second kappa shape index (κ2) is 19.4. The standard InChI is InChI=1S/C44H73FN2O11/c1-12-20-47-24-33-30(8)54-36(22-44(33,47)52-11)57-37-27(5)39(58-41-34(19-14-26(4)53-41)55-32-17-15-31(45)16-18-32)42(9,50)21-25(3)23-46-29(7)38(48)43(10,51)35(13-2)56-40(49)28(37)6/h15-18,25-30,33-39,41,46,48,50-51H,12-14,19-24H2,1-11H3/t25-,26-,27+,28-,29-,30+,33?,34-,35-,36+,37+,38-,39-,41+,42-,43-,44-/m1/s1. The first-order chi connectivity index (χ1) is 27.3. The first kappa shape index (κ1) is 47.1. The van der Waals surface area contributed by atoms with E-state index in [0.717, 1.165) is 19.5 Å². The minimum atomic E-state index is -1.79. The smallest absolute Gasteiger partial charge is 0.311 e. The van der Waals surface area contributed by atoms with Crippen LogP contribution in [0.1, 0.15) is 108 Å². The number of hydrogen-bond acceptors (Lipinski definition) is 13. The van der Waals surface area contributed by atoms with E-state index in [4.69, 9.17) is 33.2 Å². The Morgan fingerprint density at radius 1 is 0.983 bits per heavy atom. The van der Waals surface area contributed by atoms with Crippen LogP contribution in [0.3, 0.4) is 0 Å². The molecule has 4 aliphatic heterocycles. The molecule has 1 aromatic carbocycles. The fourth-order valence-electron chi connectivity index (χ4n) is 10.0. The van der Waals surface area contributed by atoms with Crippen LogP contribution in [0.4, 0.5) is 4.39 Å². The summed E-state index contributed by atoms with van der Waals surface area (Å²) in [6.07, 6.45) is -3.88. The molecule has 13 nitrogen and oxygen atoms in total. The zero-order valence-corrected chi connectivity index (χ0v) is 36.7. The summed E-state index contributed by atoms with van der Waals surface area (Å²) in [6.45, 7) is 20.6. The number of nitrogens with zero attached hydrogens (tertiary/aromatic N) is 1. The van der Waals surface area contributed by atoms with Crippen LogP contribution in [-0.4, -0.2) is 131 Å². The number of fused-ring (bicyclic) bond motifs is 1. The van der Waals surface area contributed by atoms with Gasteiger partial charge >= 0.3 is 5.97 Å². The fraction of sp³-hybridized carbons (Fsp3) is 0.841. The van der Waals surface area contributed by atoms with Gasteiger partial charge in [-0.25, -0.2) is 4.39 Å². The van der Waals surface area contributed by atoms with Gasteiger partial charge in [0.15, 0.2) is 12.6 Å². The summed E-state index contributed by atoms with van der Waals surface area (Å²) >= 11 is 0. The fourth-order valence-corrected chi connectivity index (χ4v) is 10.0. The third kappa shape index (κ3) is 10.2. The maximum atomic E-state index is 14.4. The van der Waals surface area contributed by atoms with Gasteiger partial charge in [-0.05, 0) is 110 Å². The van der Waals surface area contributed by atoms with E-state index in [9.17, 15) is 24.5 Å². The highest BCUT2D eigenvalue weighted by molar-refractivity contribution is 5.73. The number of aliphatic hydroxyl groups is 3. The molecule has 14 heteroatoms.